The van der Waals surface area contributed by atoms with Crippen LogP contribution >= 0.6 is 15.9 Å². The van der Waals surface area contributed by atoms with Crippen molar-refractivity contribution >= 4 is 15.9 Å². The van der Waals surface area contributed by atoms with Gasteiger partial charge in [0.05, 0.1) is 0 Å². The Balaban J connectivity index is 2.10. The molecule has 0 heterocycles. The second-order valence-electron chi connectivity index (χ2n) is 4.61. The van der Waals surface area contributed by atoms with E-state index in [1.165, 1.54) is 5.56 Å². The van der Waals surface area contributed by atoms with Crippen molar-refractivity contribution in [1.82, 2.24) is 0 Å². The van der Waals surface area contributed by atoms with Crippen LogP contribution in [0.4, 0.5) is 0 Å². The third-order valence-electron chi connectivity index (χ3n) is 3.24. The zero-order chi connectivity index (χ0) is 13.9. The number of phenols is 1. The summed E-state index contributed by atoms with van der Waals surface area (Å²) in [6, 6.07) is 23.9. The highest BCUT2D eigenvalue weighted by Crippen LogP contribution is 2.33. The van der Waals surface area contributed by atoms with Crippen LogP contribution in [0.15, 0.2) is 77.3 Å². The van der Waals surface area contributed by atoms with E-state index in [1.54, 1.807) is 6.07 Å². The molecule has 2 heteroatoms. The van der Waals surface area contributed by atoms with Gasteiger partial charge in [-0.25, -0.2) is 0 Å². The summed E-state index contributed by atoms with van der Waals surface area (Å²) in [5, 5.41) is 10.0. The Hall–Kier alpha value is -2.06. The van der Waals surface area contributed by atoms with Crippen LogP contribution in [0, 0.1) is 0 Å². The highest BCUT2D eigenvalue weighted by atomic mass is 79.9. The van der Waals surface area contributed by atoms with Crippen molar-refractivity contribution in [3.05, 3.63) is 77.3 Å². The molecular formula is C18H13BrO. The molecule has 0 spiro atoms. The van der Waals surface area contributed by atoms with Gasteiger partial charge in [0.25, 0.3) is 0 Å². The van der Waals surface area contributed by atoms with Gasteiger partial charge in [-0.3, -0.25) is 0 Å². The quantitative estimate of drug-likeness (QED) is 0.661. The number of halogens is 1. The predicted octanol–water partition coefficient (Wildman–Crippen LogP) is 5.49. The van der Waals surface area contributed by atoms with Crippen LogP contribution in [0.25, 0.3) is 22.3 Å². The number of benzene rings is 3. The van der Waals surface area contributed by atoms with E-state index in [0.29, 0.717) is 5.75 Å². The third-order valence-corrected chi connectivity index (χ3v) is 3.73. The van der Waals surface area contributed by atoms with Crippen molar-refractivity contribution in [2.45, 2.75) is 0 Å². The first-order valence-electron chi connectivity index (χ1n) is 6.38. The zero-order valence-electron chi connectivity index (χ0n) is 10.8. The molecule has 98 valence electrons. The molecule has 1 nitrogen and oxygen atoms in total. The molecule has 3 aromatic rings. The molecule has 0 unspecified atom stereocenters. The molecule has 0 aliphatic heterocycles. The van der Waals surface area contributed by atoms with Crippen molar-refractivity contribution in [3.8, 4) is 28.0 Å². The van der Waals surface area contributed by atoms with E-state index in [4.69, 9.17) is 0 Å². The smallest absolute Gasteiger partial charge is 0.123 e. The maximum atomic E-state index is 10.0. The topological polar surface area (TPSA) is 20.2 Å². The molecule has 0 atom stereocenters. The van der Waals surface area contributed by atoms with Crippen LogP contribution in [0.3, 0.4) is 0 Å². The average Bonchev–Trinajstić information content (AvgIpc) is 2.51. The molecule has 0 fully saturated rings. The van der Waals surface area contributed by atoms with E-state index in [0.717, 1.165) is 21.2 Å². The summed E-state index contributed by atoms with van der Waals surface area (Å²) in [5.41, 5.74) is 4.15. The molecule has 3 aromatic carbocycles. The Morgan fingerprint density at radius 3 is 2.15 bits per heavy atom. The molecule has 3 rings (SSSR count). The van der Waals surface area contributed by atoms with E-state index >= 15 is 0 Å². The fraction of sp³-hybridized carbons (Fsp3) is 0. The lowest BCUT2D eigenvalue weighted by Crippen LogP contribution is -1.82. The maximum Gasteiger partial charge on any atom is 0.123 e. The summed E-state index contributed by atoms with van der Waals surface area (Å²) >= 11 is 3.45. The number of rotatable bonds is 2. The summed E-state index contributed by atoms with van der Waals surface area (Å²) < 4.78 is 0.954. The van der Waals surface area contributed by atoms with Gasteiger partial charge in [-0.1, -0.05) is 64.5 Å². The number of hydrogen-bond donors (Lipinski definition) is 1. The summed E-state index contributed by atoms with van der Waals surface area (Å²) in [4.78, 5) is 0. The first-order valence-corrected chi connectivity index (χ1v) is 7.18. The fourth-order valence-electron chi connectivity index (χ4n) is 2.24. The Kier molecular flexibility index (Phi) is 3.57. The van der Waals surface area contributed by atoms with Crippen LogP contribution in [-0.2, 0) is 0 Å². The molecule has 0 radical (unpaired) electrons. The van der Waals surface area contributed by atoms with E-state index in [9.17, 15) is 5.11 Å². The Bertz CT molecular complexity index is 735. The van der Waals surface area contributed by atoms with Crippen LogP contribution in [0.2, 0.25) is 0 Å². The fourth-order valence-corrected chi connectivity index (χ4v) is 2.60. The second kappa shape index (κ2) is 5.51. The lowest BCUT2D eigenvalue weighted by Gasteiger charge is -2.08. The normalized spacial score (nSPS) is 10.4. The van der Waals surface area contributed by atoms with Gasteiger partial charge in [-0.2, -0.15) is 0 Å². The van der Waals surface area contributed by atoms with Gasteiger partial charge in [0.1, 0.15) is 5.75 Å². The summed E-state index contributed by atoms with van der Waals surface area (Å²) in [6.45, 7) is 0. The average molecular weight is 325 g/mol. The van der Waals surface area contributed by atoms with E-state index < -0.39 is 0 Å². The molecule has 0 saturated heterocycles. The van der Waals surface area contributed by atoms with Crippen molar-refractivity contribution in [2.24, 2.45) is 0 Å². The third kappa shape index (κ3) is 2.61. The minimum Gasteiger partial charge on any atom is -0.507 e. The predicted molar refractivity (Wildman–Crippen MR) is 86.7 cm³/mol. The molecule has 0 amide bonds. The standard InChI is InChI=1S/C18H13BrO/c19-16-9-10-18(20)17(12-16)15-8-4-7-14(11-15)13-5-2-1-3-6-13/h1-12,20H. The minimum absolute atomic E-state index is 0.290. The van der Waals surface area contributed by atoms with Crippen molar-refractivity contribution in [1.29, 1.82) is 0 Å². The van der Waals surface area contributed by atoms with E-state index in [1.807, 2.05) is 42.5 Å². The lowest BCUT2D eigenvalue weighted by molar-refractivity contribution is 0.477. The van der Waals surface area contributed by atoms with Crippen LogP contribution in [0.1, 0.15) is 0 Å². The van der Waals surface area contributed by atoms with E-state index in [-0.39, 0.29) is 0 Å². The van der Waals surface area contributed by atoms with Gasteiger partial charge in [0.2, 0.25) is 0 Å². The second-order valence-corrected chi connectivity index (χ2v) is 5.52. The number of aromatic hydroxyl groups is 1. The molecule has 0 aromatic heterocycles. The van der Waals surface area contributed by atoms with Gasteiger partial charge in [-0.05, 0) is 41.0 Å². The van der Waals surface area contributed by atoms with Gasteiger partial charge in [-0.15, -0.1) is 0 Å². The molecule has 0 aliphatic rings. The Morgan fingerprint density at radius 1 is 0.650 bits per heavy atom. The first-order chi connectivity index (χ1) is 9.74. The van der Waals surface area contributed by atoms with Crippen molar-refractivity contribution in [2.75, 3.05) is 0 Å². The highest BCUT2D eigenvalue weighted by molar-refractivity contribution is 9.10. The van der Waals surface area contributed by atoms with Crippen LogP contribution in [0.5, 0.6) is 5.75 Å². The zero-order valence-corrected chi connectivity index (χ0v) is 12.3. The van der Waals surface area contributed by atoms with E-state index in [2.05, 4.69) is 40.2 Å². The lowest BCUT2D eigenvalue weighted by atomic mass is 9.99. The number of phenolic OH excluding ortho intramolecular Hbond substituents is 1. The molecular weight excluding hydrogens is 312 g/mol. The monoisotopic (exact) mass is 324 g/mol. The molecule has 0 saturated carbocycles. The van der Waals surface area contributed by atoms with Gasteiger partial charge in [0, 0.05) is 10.0 Å². The molecule has 0 bridgehead atoms. The van der Waals surface area contributed by atoms with Crippen molar-refractivity contribution < 1.29 is 5.11 Å². The first kappa shape index (κ1) is 12.9. The summed E-state index contributed by atoms with van der Waals surface area (Å²) in [7, 11) is 0. The molecule has 1 N–H and O–H groups in total. The van der Waals surface area contributed by atoms with Crippen LogP contribution < -0.4 is 0 Å². The van der Waals surface area contributed by atoms with Crippen molar-refractivity contribution in [3.63, 3.8) is 0 Å². The maximum absolute atomic E-state index is 10.0. The highest BCUT2D eigenvalue weighted by Gasteiger charge is 2.06. The molecule has 0 aliphatic carbocycles. The van der Waals surface area contributed by atoms with Crippen LogP contribution in [-0.4, -0.2) is 5.11 Å². The summed E-state index contributed by atoms with van der Waals surface area (Å²) in [5.74, 6) is 0.290. The largest absolute Gasteiger partial charge is 0.507 e. The Morgan fingerprint density at radius 2 is 1.35 bits per heavy atom. The van der Waals surface area contributed by atoms with Gasteiger partial charge >= 0.3 is 0 Å². The molecule has 20 heavy (non-hydrogen) atoms. The van der Waals surface area contributed by atoms with Gasteiger partial charge < -0.3 is 5.11 Å². The summed E-state index contributed by atoms with van der Waals surface area (Å²) in [6.07, 6.45) is 0. The van der Waals surface area contributed by atoms with Gasteiger partial charge in [0.15, 0.2) is 0 Å². The Labute approximate surface area is 126 Å². The SMILES string of the molecule is Oc1ccc(Br)cc1-c1cccc(-c2ccccc2)c1. The minimum atomic E-state index is 0.290. The number of hydrogen-bond acceptors (Lipinski definition) is 1.